The highest BCUT2D eigenvalue weighted by Crippen LogP contribution is 2.50. The number of carbonyl (C=O) groups is 1. The minimum atomic E-state index is 0.312. The van der Waals surface area contributed by atoms with Crippen LogP contribution in [0.3, 0.4) is 0 Å². The van der Waals surface area contributed by atoms with Crippen LogP contribution < -0.4 is 0 Å². The Hall–Kier alpha value is -0.330. The zero-order valence-corrected chi connectivity index (χ0v) is 12.8. The summed E-state index contributed by atoms with van der Waals surface area (Å²) < 4.78 is 0. The molecule has 0 aliphatic heterocycles. The summed E-state index contributed by atoms with van der Waals surface area (Å²) in [7, 11) is 0. The molecular formula is C16H30O. The first kappa shape index (κ1) is 14.7. The van der Waals surface area contributed by atoms with Gasteiger partial charge in [0.2, 0.25) is 0 Å². The van der Waals surface area contributed by atoms with E-state index in [2.05, 4.69) is 41.5 Å². The normalized spacial score (nSPS) is 31.4. The Balaban J connectivity index is 2.92. The Morgan fingerprint density at radius 2 is 1.35 bits per heavy atom. The van der Waals surface area contributed by atoms with Gasteiger partial charge in [-0.2, -0.15) is 0 Å². The maximum absolute atomic E-state index is 11.6. The third kappa shape index (κ3) is 3.56. The minimum absolute atomic E-state index is 0.312. The number of hydrogen-bond donors (Lipinski definition) is 0. The lowest BCUT2D eigenvalue weighted by atomic mass is 9.57. The van der Waals surface area contributed by atoms with E-state index in [4.69, 9.17) is 0 Å². The largest absolute Gasteiger partial charge is 0.300 e. The Labute approximate surface area is 107 Å². The van der Waals surface area contributed by atoms with Gasteiger partial charge in [-0.1, -0.05) is 41.5 Å². The summed E-state index contributed by atoms with van der Waals surface area (Å²) in [5.74, 6) is 2.13. The van der Waals surface area contributed by atoms with Gasteiger partial charge in [-0.15, -0.1) is 0 Å². The SMILES string of the molecule is CC(=O)C1CCC(C(C)(C)C)C(C(C)(C)C)C1. The van der Waals surface area contributed by atoms with Gasteiger partial charge in [0, 0.05) is 5.92 Å². The third-order valence-corrected chi connectivity index (χ3v) is 4.65. The predicted molar refractivity (Wildman–Crippen MR) is 73.9 cm³/mol. The van der Waals surface area contributed by atoms with Crippen LogP contribution in [0.2, 0.25) is 0 Å². The molecule has 1 saturated carbocycles. The molecule has 0 spiro atoms. The summed E-state index contributed by atoms with van der Waals surface area (Å²) in [5, 5.41) is 0. The van der Waals surface area contributed by atoms with E-state index >= 15 is 0 Å². The highest BCUT2D eigenvalue weighted by atomic mass is 16.1. The molecule has 3 unspecified atom stereocenters. The lowest BCUT2D eigenvalue weighted by molar-refractivity contribution is -0.124. The van der Waals surface area contributed by atoms with Crippen molar-refractivity contribution in [1.82, 2.24) is 0 Å². The number of ketones is 1. The van der Waals surface area contributed by atoms with Crippen LogP contribution in [-0.2, 0) is 4.79 Å². The van der Waals surface area contributed by atoms with E-state index < -0.39 is 0 Å². The van der Waals surface area contributed by atoms with Crippen LogP contribution >= 0.6 is 0 Å². The van der Waals surface area contributed by atoms with Crippen molar-refractivity contribution in [2.75, 3.05) is 0 Å². The summed E-state index contributed by atoms with van der Waals surface area (Å²) in [6, 6.07) is 0. The van der Waals surface area contributed by atoms with Crippen molar-refractivity contribution in [3.8, 4) is 0 Å². The lowest BCUT2D eigenvalue weighted by Gasteiger charge is -2.48. The zero-order valence-electron chi connectivity index (χ0n) is 12.8. The molecule has 0 heterocycles. The van der Waals surface area contributed by atoms with Crippen LogP contribution in [0.4, 0.5) is 0 Å². The van der Waals surface area contributed by atoms with Crippen molar-refractivity contribution in [2.45, 2.75) is 67.7 Å². The van der Waals surface area contributed by atoms with Crippen molar-refractivity contribution in [3.63, 3.8) is 0 Å². The second-order valence-electron chi connectivity index (χ2n) is 8.07. The number of carbonyl (C=O) groups excluding carboxylic acids is 1. The highest BCUT2D eigenvalue weighted by Gasteiger charge is 2.43. The topological polar surface area (TPSA) is 17.1 Å². The van der Waals surface area contributed by atoms with Gasteiger partial charge in [-0.05, 0) is 48.9 Å². The quantitative estimate of drug-likeness (QED) is 0.647. The van der Waals surface area contributed by atoms with Crippen molar-refractivity contribution in [2.24, 2.45) is 28.6 Å². The molecule has 0 saturated heterocycles. The molecule has 0 radical (unpaired) electrons. The summed E-state index contributed by atoms with van der Waals surface area (Å²) in [6.45, 7) is 15.8. The Morgan fingerprint density at radius 1 is 0.882 bits per heavy atom. The zero-order chi connectivity index (χ0) is 13.4. The first-order chi connectivity index (χ1) is 7.53. The fourth-order valence-corrected chi connectivity index (χ4v) is 3.53. The maximum Gasteiger partial charge on any atom is 0.132 e. The molecule has 1 aliphatic rings. The summed E-state index contributed by atoms with van der Waals surface area (Å²) >= 11 is 0. The summed E-state index contributed by atoms with van der Waals surface area (Å²) in [5.41, 5.74) is 0.672. The smallest absolute Gasteiger partial charge is 0.132 e. The maximum atomic E-state index is 11.6. The number of hydrogen-bond acceptors (Lipinski definition) is 1. The third-order valence-electron chi connectivity index (χ3n) is 4.65. The fraction of sp³-hybridized carbons (Fsp3) is 0.938. The van der Waals surface area contributed by atoms with Crippen LogP contribution in [0, 0.1) is 28.6 Å². The first-order valence-electron chi connectivity index (χ1n) is 7.04. The minimum Gasteiger partial charge on any atom is -0.300 e. The average Bonchev–Trinajstić information content (AvgIpc) is 2.14. The van der Waals surface area contributed by atoms with Crippen molar-refractivity contribution in [1.29, 1.82) is 0 Å². The van der Waals surface area contributed by atoms with Gasteiger partial charge in [0.05, 0.1) is 0 Å². The van der Waals surface area contributed by atoms with Crippen molar-refractivity contribution < 1.29 is 4.79 Å². The van der Waals surface area contributed by atoms with Crippen LogP contribution in [0.1, 0.15) is 67.7 Å². The Morgan fingerprint density at radius 3 is 1.71 bits per heavy atom. The second kappa shape index (κ2) is 4.74. The molecule has 1 heteroatoms. The van der Waals surface area contributed by atoms with E-state index in [1.807, 2.05) is 0 Å². The van der Waals surface area contributed by atoms with Crippen molar-refractivity contribution >= 4 is 5.78 Å². The lowest BCUT2D eigenvalue weighted by Crippen LogP contribution is -2.41. The standard InChI is InChI=1S/C16H30O/c1-11(17)12-8-9-13(15(2,3)4)14(10-12)16(5,6)7/h12-14H,8-10H2,1-7H3. The van der Waals surface area contributed by atoms with Crippen LogP contribution in [-0.4, -0.2) is 5.78 Å². The van der Waals surface area contributed by atoms with Gasteiger partial charge in [0.15, 0.2) is 0 Å². The molecule has 0 N–H and O–H groups in total. The molecule has 100 valence electrons. The fourth-order valence-electron chi connectivity index (χ4n) is 3.53. The van der Waals surface area contributed by atoms with Crippen molar-refractivity contribution in [3.05, 3.63) is 0 Å². The number of rotatable bonds is 1. The van der Waals surface area contributed by atoms with Gasteiger partial charge in [0.25, 0.3) is 0 Å². The molecule has 1 rings (SSSR count). The Kier molecular flexibility index (Phi) is 4.11. The van der Waals surface area contributed by atoms with E-state index in [0.29, 0.717) is 28.4 Å². The molecule has 0 bridgehead atoms. The van der Waals surface area contributed by atoms with Gasteiger partial charge >= 0.3 is 0 Å². The molecule has 17 heavy (non-hydrogen) atoms. The van der Waals surface area contributed by atoms with E-state index in [9.17, 15) is 4.79 Å². The summed E-state index contributed by atoms with van der Waals surface area (Å²) in [6.07, 6.45) is 3.42. The predicted octanol–water partition coefficient (Wildman–Crippen LogP) is 4.70. The van der Waals surface area contributed by atoms with Crippen LogP contribution in [0.5, 0.6) is 0 Å². The average molecular weight is 238 g/mol. The van der Waals surface area contributed by atoms with Gasteiger partial charge in [-0.25, -0.2) is 0 Å². The summed E-state index contributed by atoms with van der Waals surface area (Å²) in [4.78, 5) is 11.6. The molecule has 1 fully saturated rings. The van der Waals surface area contributed by atoms with E-state index in [-0.39, 0.29) is 0 Å². The molecule has 0 aromatic heterocycles. The number of Topliss-reactive ketones (excluding diaryl/α,β-unsaturated/α-hetero) is 1. The molecule has 0 aromatic carbocycles. The van der Waals surface area contributed by atoms with Gasteiger partial charge in [0.1, 0.15) is 5.78 Å². The first-order valence-corrected chi connectivity index (χ1v) is 7.04. The Bertz CT molecular complexity index is 277. The molecule has 1 nitrogen and oxygen atoms in total. The molecule has 0 aromatic rings. The monoisotopic (exact) mass is 238 g/mol. The van der Waals surface area contributed by atoms with E-state index in [0.717, 1.165) is 18.8 Å². The van der Waals surface area contributed by atoms with Gasteiger partial charge in [-0.3, -0.25) is 4.79 Å². The van der Waals surface area contributed by atoms with E-state index in [1.165, 1.54) is 6.42 Å². The van der Waals surface area contributed by atoms with Gasteiger partial charge < -0.3 is 0 Å². The van der Waals surface area contributed by atoms with E-state index in [1.54, 1.807) is 6.92 Å². The molecule has 0 amide bonds. The van der Waals surface area contributed by atoms with Crippen LogP contribution in [0.25, 0.3) is 0 Å². The van der Waals surface area contributed by atoms with Crippen LogP contribution in [0.15, 0.2) is 0 Å². The molecule has 3 atom stereocenters. The molecular weight excluding hydrogens is 208 g/mol. The highest BCUT2D eigenvalue weighted by molar-refractivity contribution is 5.78. The second-order valence-corrected chi connectivity index (χ2v) is 8.07. The molecule has 1 aliphatic carbocycles.